The highest BCUT2D eigenvalue weighted by Crippen LogP contribution is 2.23. The van der Waals surface area contributed by atoms with Crippen LogP contribution in [0.3, 0.4) is 0 Å². The molecule has 3 rings (SSSR count). The van der Waals surface area contributed by atoms with Gasteiger partial charge in [-0.3, -0.25) is 9.78 Å². The number of rotatable bonds is 5. The fourth-order valence-electron chi connectivity index (χ4n) is 4.07. The van der Waals surface area contributed by atoms with Crippen LogP contribution < -0.4 is 10.6 Å². The highest BCUT2D eigenvalue weighted by molar-refractivity contribution is 5.82. The molecule has 0 radical (unpaired) electrons. The van der Waals surface area contributed by atoms with Gasteiger partial charge in [0.25, 0.3) is 0 Å². The van der Waals surface area contributed by atoms with Gasteiger partial charge >= 0.3 is 12.2 Å². The second kappa shape index (κ2) is 10.9. The average Bonchev–Trinajstić information content (AvgIpc) is 2.80. The first kappa shape index (κ1) is 22.8. The van der Waals surface area contributed by atoms with Crippen LogP contribution in [0, 0.1) is 5.92 Å². The number of ether oxygens (including phenoxy) is 2. The minimum atomic E-state index is -0.980. The van der Waals surface area contributed by atoms with E-state index in [-0.39, 0.29) is 18.4 Å². The maximum Gasteiger partial charge on any atom is 0.517 e. The first-order valence-electron chi connectivity index (χ1n) is 10.8. The van der Waals surface area contributed by atoms with Crippen LogP contribution >= 0.6 is 0 Å². The summed E-state index contributed by atoms with van der Waals surface area (Å²) >= 11 is 0. The lowest BCUT2D eigenvalue weighted by molar-refractivity contribution is -0.133. The molecule has 0 spiro atoms. The van der Waals surface area contributed by atoms with Crippen LogP contribution in [0.15, 0.2) is 24.5 Å². The van der Waals surface area contributed by atoms with Crippen LogP contribution in [0.2, 0.25) is 0 Å². The number of aromatic nitrogens is 1. The van der Waals surface area contributed by atoms with E-state index in [9.17, 15) is 14.4 Å². The van der Waals surface area contributed by atoms with Crippen molar-refractivity contribution in [2.45, 2.75) is 32.2 Å². The van der Waals surface area contributed by atoms with Crippen LogP contribution in [0.4, 0.5) is 15.3 Å². The predicted molar refractivity (Wildman–Crippen MR) is 113 cm³/mol. The van der Waals surface area contributed by atoms with Crippen molar-refractivity contribution in [1.82, 2.24) is 14.8 Å². The first-order chi connectivity index (χ1) is 15.0. The molecule has 170 valence electrons. The molecule has 0 unspecified atom stereocenters. The van der Waals surface area contributed by atoms with Crippen LogP contribution in [0.25, 0.3) is 0 Å². The quantitative estimate of drug-likeness (QED) is 0.548. The number of amides is 2. The third kappa shape index (κ3) is 6.30. The van der Waals surface area contributed by atoms with E-state index >= 15 is 0 Å². The molecular formula is C21H31N5O5. The monoisotopic (exact) mass is 433 g/mol. The van der Waals surface area contributed by atoms with E-state index in [2.05, 4.69) is 19.4 Å². The number of nitrogens with zero attached hydrogens (tertiary/aromatic N) is 4. The fraction of sp³-hybridized carbons (Fsp3) is 0.619. The number of likely N-dealkylation sites (tertiary alicyclic amines) is 1. The number of carbonyl (C=O) groups is 3. The summed E-state index contributed by atoms with van der Waals surface area (Å²) in [5.41, 5.74) is 7.35. The van der Waals surface area contributed by atoms with E-state index in [4.69, 9.17) is 5.73 Å². The number of nitrogens with two attached hydrogens (primary N) is 1. The molecule has 2 saturated heterocycles. The fourth-order valence-corrected chi connectivity index (χ4v) is 4.07. The van der Waals surface area contributed by atoms with Crippen molar-refractivity contribution < 1.29 is 23.9 Å². The summed E-state index contributed by atoms with van der Waals surface area (Å²) in [5.74, 6) is 0.238. The number of piperazine rings is 1. The Morgan fingerprint density at radius 2 is 1.71 bits per heavy atom. The van der Waals surface area contributed by atoms with Gasteiger partial charge in [-0.2, -0.15) is 0 Å². The lowest BCUT2D eigenvalue weighted by Gasteiger charge is -2.38. The Morgan fingerprint density at radius 1 is 1.06 bits per heavy atom. The van der Waals surface area contributed by atoms with Crippen molar-refractivity contribution in [1.29, 1.82) is 0 Å². The molecule has 1 aromatic rings. The summed E-state index contributed by atoms with van der Waals surface area (Å²) in [6, 6.07) is 3.39. The molecule has 10 nitrogen and oxygen atoms in total. The van der Waals surface area contributed by atoms with E-state index in [1.165, 1.54) is 4.90 Å². The van der Waals surface area contributed by atoms with E-state index in [1.54, 1.807) is 19.3 Å². The van der Waals surface area contributed by atoms with E-state index in [0.717, 1.165) is 18.8 Å². The smallest absolute Gasteiger partial charge is 0.434 e. The Labute approximate surface area is 182 Å². The molecule has 1 atom stereocenters. The summed E-state index contributed by atoms with van der Waals surface area (Å²) in [6.45, 7) is 5.55. The van der Waals surface area contributed by atoms with E-state index in [0.29, 0.717) is 45.4 Å². The lowest BCUT2D eigenvalue weighted by Crippen LogP contribution is -2.53. The molecule has 2 aliphatic rings. The van der Waals surface area contributed by atoms with E-state index in [1.807, 2.05) is 17.0 Å². The van der Waals surface area contributed by atoms with E-state index < -0.39 is 18.3 Å². The number of anilines is 1. The van der Waals surface area contributed by atoms with Gasteiger partial charge in [0.05, 0.1) is 12.6 Å². The maximum absolute atomic E-state index is 12.8. The Morgan fingerprint density at radius 3 is 2.32 bits per heavy atom. The second-order valence-corrected chi connectivity index (χ2v) is 7.84. The van der Waals surface area contributed by atoms with Crippen molar-refractivity contribution in [3.05, 3.63) is 24.5 Å². The average molecular weight is 434 g/mol. The van der Waals surface area contributed by atoms with Gasteiger partial charge in [-0.05, 0) is 44.2 Å². The highest BCUT2D eigenvalue weighted by atomic mass is 16.7. The summed E-state index contributed by atoms with van der Waals surface area (Å²) in [5, 5.41) is 0. The van der Waals surface area contributed by atoms with Gasteiger partial charge < -0.3 is 29.9 Å². The zero-order valence-corrected chi connectivity index (χ0v) is 17.9. The van der Waals surface area contributed by atoms with Crippen LogP contribution in [0.5, 0.6) is 0 Å². The van der Waals surface area contributed by atoms with Crippen molar-refractivity contribution in [3.8, 4) is 0 Å². The highest BCUT2D eigenvalue weighted by Gasteiger charge is 2.30. The van der Waals surface area contributed by atoms with Crippen molar-refractivity contribution in [3.63, 3.8) is 0 Å². The zero-order chi connectivity index (χ0) is 22.2. The molecule has 0 saturated carbocycles. The predicted octanol–water partition coefficient (Wildman–Crippen LogP) is 1.45. The third-order valence-corrected chi connectivity index (χ3v) is 5.83. The lowest BCUT2D eigenvalue weighted by atomic mass is 9.90. The minimum Gasteiger partial charge on any atom is -0.434 e. The normalized spacial score (nSPS) is 18.5. The Kier molecular flexibility index (Phi) is 8.05. The number of pyridine rings is 1. The van der Waals surface area contributed by atoms with Gasteiger partial charge in [-0.25, -0.2) is 9.59 Å². The Balaban J connectivity index is 1.39. The molecule has 1 aromatic heterocycles. The number of carbonyl (C=O) groups excluding carboxylic acids is 3. The van der Waals surface area contributed by atoms with Gasteiger partial charge in [-0.15, -0.1) is 0 Å². The Hall–Kier alpha value is -2.88. The first-order valence-corrected chi connectivity index (χ1v) is 10.8. The molecule has 0 aliphatic carbocycles. The molecule has 2 aliphatic heterocycles. The number of hydrogen-bond acceptors (Lipinski definition) is 8. The van der Waals surface area contributed by atoms with Crippen LogP contribution in [-0.2, 0) is 14.3 Å². The van der Waals surface area contributed by atoms with Crippen molar-refractivity contribution in [2.24, 2.45) is 11.7 Å². The molecular weight excluding hydrogens is 402 g/mol. The number of piperidine rings is 1. The van der Waals surface area contributed by atoms with Crippen molar-refractivity contribution in [2.75, 3.05) is 50.8 Å². The summed E-state index contributed by atoms with van der Waals surface area (Å²) in [7, 11) is 0. The molecule has 0 bridgehead atoms. The molecule has 2 fully saturated rings. The third-order valence-electron chi connectivity index (χ3n) is 5.83. The van der Waals surface area contributed by atoms with Gasteiger partial charge in [-0.1, -0.05) is 0 Å². The minimum absolute atomic E-state index is 0.0153. The zero-order valence-electron chi connectivity index (χ0n) is 17.9. The van der Waals surface area contributed by atoms with Gasteiger partial charge in [0.15, 0.2) is 0 Å². The van der Waals surface area contributed by atoms with Crippen LogP contribution in [-0.4, -0.2) is 84.9 Å². The molecule has 10 heteroatoms. The Bertz CT molecular complexity index is 746. The van der Waals surface area contributed by atoms with Crippen LogP contribution in [0.1, 0.15) is 26.2 Å². The SMILES string of the molecule is CCOC(=O)OC(=O)N1CCC(C[C@H](N)C(=O)N2CCN(c3ccncc3)CC2)CC1. The largest absolute Gasteiger partial charge is 0.517 e. The molecule has 0 aromatic carbocycles. The summed E-state index contributed by atoms with van der Waals surface area (Å²) in [6.07, 6.45) is 3.89. The molecule has 2 amide bonds. The second-order valence-electron chi connectivity index (χ2n) is 7.84. The van der Waals surface area contributed by atoms with Gasteiger partial charge in [0.1, 0.15) is 0 Å². The van der Waals surface area contributed by atoms with Gasteiger partial charge in [0, 0.05) is 57.3 Å². The summed E-state index contributed by atoms with van der Waals surface area (Å²) < 4.78 is 9.26. The molecule has 2 N–H and O–H groups in total. The van der Waals surface area contributed by atoms with Gasteiger partial charge in [0.2, 0.25) is 5.91 Å². The molecule has 31 heavy (non-hydrogen) atoms. The maximum atomic E-state index is 12.8. The van der Waals surface area contributed by atoms with Crippen molar-refractivity contribution >= 4 is 23.8 Å². The molecule has 3 heterocycles. The topological polar surface area (TPSA) is 118 Å². The summed E-state index contributed by atoms with van der Waals surface area (Å²) in [4.78, 5) is 45.7. The number of hydrogen-bond donors (Lipinski definition) is 1. The standard InChI is InChI=1S/C21H31N5O5/c1-2-30-21(29)31-20(28)26-9-5-16(6-10-26)15-18(22)19(27)25-13-11-24(12-14-25)17-3-7-23-8-4-17/h3-4,7-8,16,18H,2,5-6,9-15,22H2,1H3/t18-/m0/s1.